The molecule has 1 aliphatic carbocycles. The lowest BCUT2D eigenvalue weighted by molar-refractivity contribution is -0.384. The van der Waals surface area contributed by atoms with E-state index in [2.05, 4.69) is 10.00 Å². The van der Waals surface area contributed by atoms with Crippen molar-refractivity contribution in [2.75, 3.05) is 18.0 Å². The molecular formula is C14H25N5O2. The first-order valence-corrected chi connectivity index (χ1v) is 7.73. The van der Waals surface area contributed by atoms with Gasteiger partial charge >= 0.3 is 5.69 Å². The second-order valence-electron chi connectivity index (χ2n) is 5.61. The first-order valence-electron chi connectivity index (χ1n) is 7.73. The summed E-state index contributed by atoms with van der Waals surface area (Å²) in [5.74, 6) is 1.05. The first kappa shape index (κ1) is 15.8. The molecule has 2 N–H and O–H groups in total. The predicted molar refractivity (Wildman–Crippen MR) is 82.5 cm³/mol. The fraction of sp³-hybridized carbons (Fsp3) is 0.786. The van der Waals surface area contributed by atoms with Crippen LogP contribution in [0.3, 0.4) is 0 Å². The highest BCUT2D eigenvalue weighted by molar-refractivity contribution is 5.62. The molecule has 0 aliphatic heterocycles. The quantitative estimate of drug-likeness (QED) is 0.641. The zero-order chi connectivity index (χ0) is 15.6. The number of hydrogen-bond donors (Lipinski definition) is 1. The Morgan fingerprint density at radius 2 is 2.19 bits per heavy atom. The fourth-order valence-electron chi connectivity index (χ4n) is 3.52. The number of aromatic nitrogens is 2. The third kappa shape index (κ3) is 2.74. The summed E-state index contributed by atoms with van der Waals surface area (Å²) in [5.41, 5.74) is 6.51. The van der Waals surface area contributed by atoms with Crippen LogP contribution in [0.25, 0.3) is 0 Å². The highest BCUT2D eigenvalue weighted by Gasteiger charge is 2.37. The van der Waals surface area contributed by atoms with E-state index >= 15 is 0 Å². The summed E-state index contributed by atoms with van der Waals surface area (Å²) in [6.07, 6.45) is 3.28. The van der Waals surface area contributed by atoms with Crippen LogP contribution in [0, 0.1) is 23.0 Å². The summed E-state index contributed by atoms with van der Waals surface area (Å²) in [5, 5.41) is 15.8. The highest BCUT2D eigenvalue weighted by atomic mass is 16.6. The van der Waals surface area contributed by atoms with Gasteiger partial charge in [-0.1, -0.05) is 6.42 Å². The van der Waals surface area contributed by atoms with Gasteiger partial charge in [0.25, 0.3) is 0 Å². The largest absolute Gasteiger partial charge is 0.348 e. The average molecular weight is 295 g/mol. The van der Waals surface area contributed by atoms with Crippen LogP contribution in [0.1, 0.15) is 38.8 Å². The monoisotopic (exact) mass is 295 g/mol. The van der Waals surface area contributed by atoms with E-state index in [4.69, 9.17) is 5.73 Å². The molecule has 1 aromatic heterocycles. The maximum Gasteiger partial charge on any atom is 0.333 e. The van der Waals surface area contributed by atoms with Gasteiger partial charge in [-0.25, -0.2) is 4.68 Å². The van der Waals surface area contributed by atoms with E-state index in [9.17, 15) is 10.1 Å². The standard InChI is InChI=1S/C14H25N5O2/c1-4-17(12-8-6-7-11(12)9-15)14-13(19(20)21)10(3)16-18(14)5-2/h11-12H,4-9,15H2,1-3H3. The van der Waals surface area contributed by atoms with Crippen LogP contribution in [0.2, 0.25) is 0 Å². The highest BCUT2D eigenvalue weighted by Crippen LogP contribution is 2.38. The van der Waals surface area contributed by atoms with Gasteiger partial charge in [0, 0.05) is 19.1 Å². The number of nitrogens with zero attached hydrogens (tertiary/aromatic N) is 4. The molecule has 0 bridgehead atoms. The van der Waals surface area contributed by atoms with Crippen molar-refractivity contribution in [2.45, 2.75) is 52.6 Å². The van der Waals surface area contributed by atoms with E-state index in [1.165, 1.54) is 0 Å². The summed E-state index contributed by atoms with van der Waals surface area (Å²) in [4.78, 5) is 13.3. The Balaban J connectivity index is 2.48. The molecule has 1 saturated carbocycles. The Labute approximate surface area is 125 Å². The van der Waals surface area contributed by atoms with Crippen molar-refractivity contribution in [3.8, 4) is 0 Å². The van der Waals surface area contributed by atoms with Gasteiger partial charge in [0.1, 0.15) is 5.69 Å². The Kier molecular flexibility index (Phi) is 4.82. The van der Waals surface area contributed by atoms with Gasteiger partial charge in [0.2, 0.25) is 5.82 Å². The molecule has 2 atom stereocenters. The molecule has 0 spiro atoms. The molecule has 1 heterocycles. The molecular weight excluding hydrogens is 270 g/mol. The summed E-state index contributed by atoms with van der Waals surface area (Å²) >= 11 is 0. The normalized spacial score (nSPS) is 21.7. The van der Waals surface area contributed by atoms with Crippen molar-refractivity contribution in [1.82, 2.24) is 9.78 Å². The number of anilines is 1. The number of aryl methyl sites for hydroxylation is 2. The van der Waals surface area contributed by atoms with E-state index in [1.54, 1.807) is 11.6 Å². The zero-order valence-corrected chi connectivity index (χ0v) is 13.1. The average Bonchev–Trinajstić information content (AvgIpc) is 3.04. The Hall–Kier alpha value is -1.63. The number of rotatable bonds is 6. The van der Waals surface area contributed by atoms with Crippen LogP contribution in [-0.4, -0.2) is 33.8 Å². The molecule has 0 saturated heterocycles. The van der Waals surface area contributed by atoms with E-state index in [1.807, 2.05) is 13.8 Å². The Morgan fingerprint density at radius 1 is 1.48 bits per heavy atom. The molecule has 118 valence electrons. The SMILES string of the molecule is CCN(c1c([N+](=O)[O-])c(C)nn1CC)C1CCCC1CN. The van der Waals surface area contributed by atoms with Gasteiger partial charge in [0.15, 0.2) is 0 Å². The first-order chi connectivity index (χ1) is 10.0. The minimum absolute atomic E-state index is 0.140. The van der Waals surface area contributed by atoms with Crippen LogP contribution < -0.4 is 10.6 Å². The maximum absolute atomic E-state index is 11.5. The van der Waals surface area contributed by atoms with Gasteiger partial charge in [-0.05, 0) is 46.1 Å². The summed E-state index contributed by atoms with van der Waals surface area (Å²) in [7, 11) is 0. The van der Waals surface area contributed by atoms with Crippen molar-refractivity contribution >= 4 is 11.5 Å². The minimum atomic E-state index is -0.307. The molecule has 2 unspecified atom stereocenters. The smallest absolute Gasteiger partial charge is 0.333 e. The van der Waals surface area contributed by atoms with Crippen molar-refractivity contribution in [2.24, 2.45) is 11.7 Å². The van der Waals surface area contributed by atoms with Gasteiger partial charge in [0.05, 0.1) is 4.92 Å². The van der Waals surface area contributed by atoms with E-state index in [-0.39, 0.29) is 16.7 Å². The van der Waals surface area contributed by atoms with Gasteiger partial charge < -0.3 is 10.6 Å². The molecule has 21 heavy (non-hydrogen) atoms. The van der Waals surface area contributed by atoms with Gasteiger partial charge in [-0.3, -0.25) is 10.1 Å². The molecule has 7 nitrogen and oxygen atoms in total. The van der Waals surface area contributed by atoms with Crippen molar-refractivity contribution in [1.29, 1.82) is 0 Å². The van der Waals surface area contributed by atoms with Crippen LogP contribution >= 0.6 is 0 Å². The third-order valence-corrected chi connectivity index (χ3v) is 4.49. The topological polar surface area (TPSA) is 90.2 Å². The lowest BCUT2D eigenvalue weighted by atomic mass is 10.0. The van der Waals surface area contributed by atoms with Crippen LogP contribution in [0.4, 0.5) is 11.5 Å². The molecule has 1 fully saturated rings. The van der Waals surface area contributed by atoms with Crippen molar-refractivity contribution < 1.29 is 4.92 Å². The number of nitro groups is 1. The molecule has 1 aliphatic rings. The lowest BCUT2D eigenvalue weighted by Gasteiger charge is -2.33. The molecule has 7 heteroatoms. The van der Waals surface area contributed by atoms with E-state index in [0.29, 0.717) is 30.5 Å². The number of hydrogen-bond acceptors (Lipinski definition) is 5. The van der Waals surface area contributed by atoms with Crippen molar-refractivity contribution in [3.63, 3.8) is 0 Å². The van der Waals surface area contributed by atoms with Crippen LogP contribution in [0.5, 0.6) is 0 Å². The molecule has 0 aromatic carbocycles. The molecule has 0 radical (unpaired) electrons. The lowest BCUT2D eigenvalue weighted by Crippen LogP contribution is -2.41. The zero-order valence-electron chi connectivity index (χ0n) is 13.1. The molecule has 2 rings (SSSR count). The molecule has 0 amide bonds. The molecule has 1 aromatic rings. The second kappa shape index (κ2) is 6.43. The minimum Gasteiger partial charge on any atom is -0.348 e. The van der Waals surface area contributed by atoms with E-state index < -0.39 is 0 Å². The van der Waals surface area contributed by atoms with Crippen LogP contribution in [0.15, 0.2) is 0 Å². The van der Waals surface area contributed by atoms with E-state index in [0.717, 1.165) is 25.8 Å². The number of nitrogens with two attached hydrogens (primary N) is 1. The fourth-order valence-corrected chi connectivity index (χ4v) is 3.52. The Morgan fingerprint density at radius 3 is 2.71 bits per heavy atom. The third-order valence-electron chi connectivity index (χ3n) is 4.49. The van der Waals surface area contributed by atoms with Gasteiger partial charge in [-0.15, -0.1) is 0 Å². The second-order valence-corrected chi connectivity index (χ2v) is 5.61. The summed E-state index contributed by atoms with van der Waals surface area (Å²) in [6.45, 7) is 7.69. The van der Waals surface area contributed by atoms with Gasteiger partial charge in [-0.2, -0.15) is 5.10 Å². The summed E-state index contributed by atoms with van der Waals surface area (Å²) in [6, 6.07) is 0.278. The van der Waals surface area contributed by atoms with Crippen molar-refractivity contribution in [3.05, 3.63) is 15.8 Å². The van der Waals surface area contributed by atoms with Crippen LogP contribution in [-0.2, 0) is 6.54 Å². The Bertz CT molecular complexity index is 514. The maximum atomic E-state index is 11.5. The summed E-state index contributed by atoms with van der Waals surface area (Å²) < 4.78 is 1.75. The predicted octanol–water partition coefficient (Wildman–Crippen LogP) is 2.07.